The number of methoxy groups -OCH3 is 1. The van der Waals surface area contributed by atoms with Crippen LogP contribution in [-0.2, 0) is 6.54 Å². The maximum atomic E-state index is 13.1. The van der Waals surface area contributed by atoms with Gasteiger partial charge in [0.15, 0.2) is 0 Å². The minimum Gasteiger partial charge on any atom is -0.508 e. The van der Waals surface area contributed by atoms with E-state index >= 15 is 0 Å². The molecule has 2 N–H and O–H groups in total. The summed E-state index contributed by atoms with van der Waals surface area (Å²) in [4.78, 5) is 4.04. The van der Waals surface area contributed by atoms with Gasteiger partial charge in [-0.3, -0.25) is 0 Å². The highest BCUT2D eigenvalue weighted by Crippen LogP contribution is 2.21. The Morgan fingerprint density at radius 3 is 2.94 bits per heavy atom. The van der Waals surface area contributed by atoms with Crippen molar-refractivity contribution in [3.63, 3.8) is 0 Å². The molecule has 2 aromatic rings. The molecule has 2 rings (SSSR count). The zero-order valence-corrected chi connectivity index (χ0v) is 9.85. The van der Waals surface area contributed by atoms with Crippen molar-refractivity contribution in [3.05, 3.63) is 47.9 Å². The van der Waals surface area contributed by atoms with Crippen molar-refractivity contribution in [2.24, 2.45) is 0 Å². The van der Waals surface area contributed by atoms with E-state index in [4.69, 9.17) is 4.74 Å². The van der Waals surface area contributed by atoms with Crippen LogP contribution in [-0.4, -0.2) is 17.2 Å². The summed E-state index contributed by atoms with van der Waals surface area (Å²) in [7, 11) is 1.53. The van der Waals surface area contributed by atoms with Crippen LogP contribution < -0.4 is 10.1 Å². The van der Waals surface area contributed by atoms with E-state index in [0.29, 0.717) is 23.7 Å². The van der Waals surface area contributed by atoms with Crippen molar-refractivity contribution in [1.82, 2.24) is 4.98 Å². The van der Waals surface area contributed by atoms with Gasteiger partial charge in [-0.25, -0.2) is 9.37 Å². The molecule has 0 radical (unpaired) electrons. The van der Waals surface area contributed by atoms with Gasteiger partial charge < -0.3 is 15.2 Å². The van der Waals surface area contributed by atoms with Gasteiger partial charge in [0.05, 0.1) is 12.8 Å². The van der Waals surface area contributed by atoms with Gasteiger partial charge in [-0.1, -0.05) is 0 Å². The largest absolute Gasteiger partial charge is 0.508 e. The molecule has 0 amide bonds. The van der Waals surface area contributed by atoms with Crippen LogP contribution in [0.25, 0.3) is 0 Å². The second kappa shape index (κ2) is 5.35. The van der Waals surface area contributed by atoms with Crippen molar-refractivity contribution in [1.29, 1.82) is 0 Å². The van der Waals surface area contributed by atoms with Crippen molar-refractivity contribution >= 4 is 5.69 Å². The SMILES string of the molecule is COc1ncccc1NCc1cc(O)cc(F)c1. The second-order valence-electron chi connectivity index (χ2n) is 3.73. The quantitative estimate of drug-likeness (QED) is 0.873. The Balaban J connectivity index is 2.11. The third-order valence-electron chi connectivity index (χ3n) is 2.39. The van der Waals surface area contributed by atoms with Gasteiger partial charge in [-0.2, -0.15) is 0 Å². The number of halogens is 1. The van der Waals surface area contributed by atoms with Crippen molar-refractivity contribution in [3.8, 4) is 11.6 Å². The molecule has 0 aliphatic carbocycles. The molecule has 1 aromatic carbocycles. The first-order valence-corrected chi connectivity index (χ1v) is 5.40. The number of hydrogen-bond acceptors (Lipinski definition) is 4. The third kappa shape index (κ3) is 2.88. The molecule has 18 heavy (non-hydrogen) atoms. The van der Waals surface area contributed by atoms with Gasteiger partial charge in [-0.15, -0.1) is 0 Å². The summed E-state index contributed by atoms with van der Waals surface area (Å²) in [6, 6.07) is 7.50. The molecule has 0 fully saturated rings. The number of benzene rings is 1. The number of pyridine rings is 1. The van der Waals surface area contributed by atoms with Crippen LogP contribution in [0, 0.1) is 5.82 Å². The van der Waals surface area contributed by atoms with E-state index in [2.05, 4.69) is 10.3 Å². The van der Waals surface area contributed by atoms with Gasteiger partial charge in [0.1, 0.15) is 11.6 Å². The first-order chi connectivity index (χ1) is 8.69. The molecule has 0 atom stereocenters. The molecular formula is C13H13FN2O2. The number of hydrogen-bond donors (Lipinski definition) is 2. The number of phenolic OH excluding ortho intramolecular Hbond substituents is 1. The van der Waals surface area contributed by atoms with Crippen molar-refractivity contribution < 1.29 is 14.2 Å². The Bertz CT molecular complexity index is 526. The minimum absolute atomic E-state index is 0.0926. The smallest absolute Gasteiger partial charge is 0.237 e. The summed E-state index contributed by atoms with van der Waals surface area (Å²) < 4.78 is 18.2. The van der Waals surface area contributed by atoms with E-state index in [9.17, 15) is 9.50 Å². The first kappa shape index (κ1) is 12.2. The number of anilines is 1. The molecule has 0 spiro atoms. The van der Waals surface area contributed by atoms with E-state index < -0.39 is 5.82 Å². The lowest BCUT2D eigenvalue weighted by atomic mass is 10.2. The summed E-state index contributed by atoms with van der Waals surface area (Å²) in [5.74, 6) is -0.0898. The highest BCUT2D eigenvalue weighted by atomic mass is 19.1. The molecule has 94 valence electrons. The van der Waals surface area contributed by atoms with Crippen LogP contribution in [0.5, 0.6) is 11.6 Å². The number of nitrogens with one attached hydrogen (secondary N) is 1. The van der Waals surface area contributed by atoms with Crippen LogP contribution >= 0.6 is 0 Å². The standard InChI is InChI=1S/C13H13FN2O2/c1-18-13-12(3-2-4-15-13)16-8-9-5-10(14)7-11(17)6-9/h2-7,16-17H,8H2,1H3. The summed E-state index contributed by atoms with van der Waals surface area (Å²) in [5, 5.41) is 12.4. The Labute approximate surface area is 104 Å². The van der Waals surface area contributed by atoms with Gasteiger partial charge >= 0.3 is 0 Å². The molecule has 1 aromatic heterocycles. The number of nitrogens with zero attached hydrogens (tertiary/aromatic N) is 1. The maximum absolute atomic E-state index is 13.1. The molecule has 0 aliphatic rings. The summed E-state index contributed by atoms with van der Waals surface area (Å²) in [6.45, 7) is 0.368. The fourth-order valence-corrected chi connectivity index (χ4v) is 1.62. The third-order valence-corrected chi connectivity index (χ3v) is 2.39. The lowest BCUT2D eigenvalue weighted by molar-refractivity contribution is 0.399. The first-order valence-electron chi connectivity index (χ1n) is 5.40. The predicted octanol–water partition coefficient (Wildman–Crippen LogP) is 2.55. The highest BCUT2D eigenvalue weighted by Gasteiger charge is 2.04. The molecule has 1 heterocycles. The minimum atomic E-state index is -0.468. The van der Waals surface area contributed by atoms with Crippen LogP contribution in [0.3, 0.4) is 0 Å². The molecule has 0 unspecified atom stereocenters. The van der Waals surface area contributed by atoms with E-state index in [-0.39, 0.29) is 5.75 Å². The molecule has 0 aliphatic heterocycles. The average Bonchev–Trinajstić information content (AvgIpc) is 2.35. The number of aromatic nitrogens is 1. The van der Waals surface area contributed by atoms with Gasteiger partial charge in [0.2, 0.25) is 5.88 Å². The number of ether oxygens (including phenoxy) is 1. The van der Waals surface area contributed by atoms with E-state index in [0.717, 1.165) is 6.07 Å². The summed E-state index contributed by atoms with van der Waals surface area (Å²) in [5.41, 5.74) is 1.35. The molecule has 0 bridgehead atoms. The average molecular weight is 248 g/mol. The van der Waals surface area contributed by atoms with E-state index in [1.807, 2.05) is 6.07 Å². The van der Waals surface area contributed by atoms with Crippen LogP contribution in [0.15, 0.2) is 36.5 Å². The molecular weight excluding hydrogens is 235 g/mol. The topological polar surface area (TPSA) is 54.4 Å². The van der Waals surface area contributed by atoms with Gasteiger partial charge in [0.25, 0.3) is 0 Å². The Morgan fingerprint density at radius 2 is 2.22 bits per heavy atom. The monoisotopic (exact) mass is 248 g/mol. The normalized spacial score (nSPS) is 10.1. The van der Waals surface area contributed by atoms with Gasteiger partial charge in [-0.05, 0) is 29.8 Å². The number of rotatable bonds is 4. The van der Waals surface area contributed by atoms with Crippen LogP contribution in [0.4, 0.5) is 10.1 Å². The summed E-state index contributed by atoms with van der Waals surface area (Å²) >= 11 is 0. The Kier molecular flexibility index (Phi) is 3.62. The van der Waals surface area contributed by atoms with Crippen molar-refractivity contribution in [2.45, 2.75) is 6.54 Å². The lowest BCUT2D eigenvalue weighted by Crippen LogP contribution is -2.02. The van der Waals surface area contributed by atoms with Gasteiger partial charge in [0, 0.05) is 18.8 Å². The zero-order valence-electron chi connectivity index (χ0n) is 9.85. The maximum Gasteiger partial charge on any atom is 0.237 e. The molecule has 0 saturated carbocycles. The number of phenols is 1. The lowest BCUT2D eigenvalue weighted by Gasteiger charge is -2.10. The van der Waals surface area contributed by atoms with E-state index in [1.165, 1.54) is 19.2 Å². The van der Waals surface area contributed by atoms with Crippen molar-refractivity contribution in [2.75, 3.05) is 12.4 Å². The second-order valence-corrected chi connectivity index (χ2v) is 3.73. The molecule has 4 nitrogen and oxygen atoms in total. The fraction of sp³-hybridized carbons (Fsp3) is 0.154. The van der Waals surface area contributed by atoms with E-state index in [1.54, 1.807) is 12.3 Å². The Morgan fingerprint density at radius 1 is 1.39 bits per heavy atom. The molecule has 0 saturated heterocycles. The van der Waals surface area contributed by atoms with Crippen LogP contribution in [0.2, 0.25) is 0 Å². The highest BCUT2D eigenvalue weighted by molar-refractivity contribution is 5.52. The van der Waals surface area contributed by atoms with Crippen LogP contribution in [0.1, 0.15) is 5.56 Å². The zero-order chi connectivity index (χ0) is 13.0. The predicted molar refractivity (Wildman–Crippen MR) is 66.2 cm³/mol. The summed E-state index contributed by atoms with van der Waals surface area (Å²) in [6.07, 6.45) is 1.62. The number of aromatic hydroxyl groups is 1. The molecule has 5 heteroatoms. The Hall–Kier alpha value is -2.30. The fourth-order valence-electron chi connectivity index (χ4n) is 1.62.